The molecule has 110 valence electrons. The molecule has 0 saturated heterocycles. The number of carboxylic acids is 1. The standard InChI is InChI=1S/C16H23NO3/c1-10-15(16(18)19)7-14(20-10)9-17(2)8-13-6-11-3-4-12(13)5-11/h7,11-13H,3-6,8-9H2,1-2H3,(H,18,19). The first-order valence-electron chi connectivity index (χ1n) is 7.54. The van der Waals surface area contributed by atoms with Crippen LogP contribution in [0.1, 0.15) is 47.6 Å². The maximum Gasteiger partial charge on any atom is 0.339 e. The number of carboxylic acid groups (broad SMARTS) is 1. The summed E-state index contributed by atoms with van der Waals surface area (Å²) in [6.45, 7) is 3.51. The van der Waals surface area contributed by atoms with Gasteiger partial charge in [0.2, 0.25) is 0 Å². The summed E-state index contributed by atoms with van der Waals surface area (Å²) >= 11 is 0. The lowest BCUT2D eigenvalue weighted by Crippen LogP contribution is -2.28. The van der Waals surface area contributed by atoms with Crippen LogP contribution in [-0.2, 0) is 6.54 Å². The normalized spacial score (nSPS) is 28.4. The van der Waals surface area contributed by atoms with E-state index in [2.05, 4.69) is 11.9 Å². The van der Waals surface area contributed by atoms with E-state index in [1.807, 2.05) is 0 Å². The molecule has 1 N–H and O–H groups in total. The summed E-state index contributed by atoms with van der Waals surface area (Å²) in [4.78, 5) is 13.3. The number of carbonyl (C=O) groups is 1. The van der Waals surface area contributed by atoms with Crippen molar-refractivity contribution < 1.29 is 14.3 Å². The van der Waals surface area contributed by atoms with Crippen molar-refractivity contribution in [1.82, 2.24) is 4.90 Å². The summed E-state index contributed by atoms with van der Waals surface area (Å²) in [5.74, 6) is 3.08. The number of nitrogens with zero attached hydrogens (tertiary/aromatic N) is 1. The van der Waals surface area contributed by atoms with Crippen LogP contribution in [0.25, 0.3) is 0 Å². The fraction of sp³-hybridized carbons (Fsp3) is 0.688. The maximum atomic E-state index is 11.0. The second-order valence-corrected chi connectivity index (χ2v) is 6.62. The van der Waals surface area contributed by atoms with Crippen molar-refractivity contribution >= 4 is 5.97 Å². The lowest BCUT2D eigenvalue weighted by atomic mass is 9.88. The highest BCUT2D eigenvalue weighted by molar-refractivity contribution is 5.88. The van der Waals surface area contributed by atoms with E-state index in [9.17, 15) is 4.79 Å². The van der Waals surface area contributed by atoms with Crippen LogP contribution in [0.2, 0.25) is 0 Å². The number of rotatable bonds is 5. The van der Waals surface area contributed by atoms with Gasteiger partial charge in [-0.05, 0) is 57.1 Å². The minimum atomic E-state index is -0.909. The molecular weight excluding hydrogens is 254 g/mol. The average molecular weight is 277 g/mol. The second-order valence-electron chi connectivity index (χ2n) is 6.62. The van der Waals surface area contributed by atoms with Gasteiger partial charge in [-0.3, -0.25) is 4.90 Å². The summed E-state index contributed by atoms with van der Waals surface area (Å²) in [6, 6.07) is 1.66. The summed E-state index contributed by atoms with van der Waals surface area (Å²) in [6.07, 6.45) is 5.66. The molecule has 2 aliphatic rings. The van der Waals surface area contributed by atoms with Gasteiger partial charge in [0.15, 0.2) is 0 Å². The lowest BCUT2D eigenvalue weighted by Gasteiger charge is -2.26. The van der Waals surface area contributed by atoms with Crippen LogP contribution in [0.3, 0.4) is 0 Å². The number of hydrogen-bond acceptors (Lipinski definition) is 3. The molecular formula is C16H23NO3. The van der Waals surface area contributed by atoms with Crippen LogP contribution >= 0.6 is 0 Å². The molecule has 1 aromatic rings. The van der Waals surface area contributed by atoms with Gasteiger partial charge in [-0.25, -0.2) is 4.79 Å². The van der Waals surface area contributed by atoms with Crippen LogP contribution in [0.4, 0.5) is 0 Å². The topological polar surface area (TPSA) is 53.7 Å². The fourth-order valence-corrected chi connectivity index (χ4v) is 4.16. The van der Waals surface area contributed by atoms with E-state index in [0.29, 0.717) is 12.3 Å². The highest BCUT2D eigenvalue weighted by Gasteiger charge is 2.39. The Morgan fingerprint density at radius 1 is 1.45 bits per heavy atom. The first kappa shape index (κ1) is 13.7. The van der Waals surface area contributed by atoms with Crippen LogP contribution in [-0.4, -0.2) is 29.6 Å². The van der Waals surface area contributed by atoms with Gasteiger partial charge in [-0.15, -0.1) is 0 Å². The van der Waals surface area contributed by atoms with Crippen molar-refractivity contribution in [3.63, 3.8) is 0 Å². The van der Waals surface area contributed by atoms with E-state index in [-0.39, 0.29) is 5.56 Å². The predicted molar refractivity (Wildman–Crippen MR) is 75.7 cm³/mol. The van der Waals surface area contributed by atoms with Crippen LogP contribution in [0.5, 0.6) is 0 Å². The molecule has 2 saturated carbocycles. The third-order valence-electron chi connectivity index (χ3n) is 5.06. The summed E-state index contributed by atoms with van der Waals surface area (Å²) in [7, 11) is 2.10. The third kappa shape index (κ3) is 2.62. The van der Waals surface area contributed by atoms with Crippen molar-refractivity contribution in [2.45, 2.75) is 39.2 Å². The monoisotopic (exact) mass is 277 g/mol. The molecule has 2 aliphatic carbocycles. The van der Waals surface area contributed by atoms with Gasteiger partial charge in [0.1, 0.15) is 17.1 Å². The second kappa shape index (κ2) is 5.24. The van der Waals surface area contributed by atoms with Gasteiger partial charge in [0.25, 0.3) is 0 Å². The molecule has 1 heterocycles. The van der Waals surface area contributed by atoms with Crippen molar-refractivity contribution in [2.75, 3.05) is 13.6 Å². The third-order valence-corrected chi connectivity index (χ3v) is 5.06. The molecule has 2 fully saturated rings. The number of furan rings is 1. The molecule has 4 nitrogen and oxygen atoms in total. The van der Waals surface area contributed by atoms with Gasteiger partial charge in [0, 0.05) is 6.54 Å². The zero-order chi connectivity index (χ0) is 14.3. The molecule has 0 aromatic carbocycles. The number of hydrogen-bond donors (Lipinski definition) is 1. The van der Waals surface area contributed by atoms with E-state index < -0.39 is 5.97 Å². The average Bonchev–Trinajstić information content (AvgIpc) is 3.04. The Kier molecular flexibility index (Phi) is 3.59. The SMILES string of the molecule is Cc1oc(CN(C)CC2CC3CCC2C3)cc1C(=O)O. The molecule has 0 radical (unpaired) electrons. The highest BCUT2D eigenvalue weighted by Crippen LogP contribution is 2.48. The maximum absolute atomic E-state index is 11.0. The van der Waals surface area contributed by atoms with E-state index >= 15 is 0 Å². The van der Waals surface area contributed by atoms with Crippen molar-refractivity contribution in [3.8, 4) is 0 Å². The number of aromatic carboxylic acids is 1. The molecule has 0 aliphatic heterocycles. The van der Waals surface area contributed by atoms with E-state index in [1.165, 1.54) is 25.7 Å². The Morgan fingerprint density at radius 3 is 2.80 bits per heavy atom. The number of aryl methyl sites for hydroxylation is 1. The van der Waals surface area contributed by atoms with Crippen molar-refractivity contribution in [2.24, 2.45) is 17.8 Å². The molecule has 20 heavy (non-hydrogen) atoms. The van der Waals surface area contributed by atoms with E-state index in [1.54, 1.807) is 13.0 Å². The molecule has 0 amide bonds. The zero-order valence-electron chi connectivity index (χ0n) is 12.3. The Bertz CT molecular complexity index is 508. The molecule has 0 spiro atoms. The lowest BCUT2D eigenvalue weighted by molar-refractivity contribution is 0.0695. The number of fused-ring (bicyclic) bond motifs is 2. The quantitative estimate of drug-likeness (QED) is 0.898. The summed E-state index contributed by atoms with van der Waals surface area (Å²) < 4.78 is 5.55. The van der Waals surface area contributed by atoms with Crippen LogP contribution in [0.15, 0.2) is 10.5 Å². The zero-order valence-corrected chi connectivity index (χ0v) is 12.3. The van der Waals surface area contributed by atoms with Crippen molar-refractivity contribution in [3.05, 3.63) is 23.2 Å². The fourth-order valence-electron chi connectivity index (χ4n) is 4.16. The van der Waals surface area contributed by atoms with E-state index in [0.717, 1.165) is 30.1 Å². The van der Waals surface area contributed by atoms with Crippen molar-refractivity contribution in [1.29, 1.82) is 0 Å². The largest absolute Gasteiger partial charge is 0.478 e. The Balaban J connectivity index is 1.57. The Labute approximate surface area is 119 Å². The van der Waals surface area contributed by atoms with Crippen LogP contribution < -0.4 is 0 Å². The van der Waals surface area contributed by atoms with Crippen LogP contribution in [0, 0.1) is 24.7 Å². The molecule has 1 aromatic heterocycles. The Morgan fingerprint density at radius 2 is 2.25 bits per heavy atom. The van der Waals surface area contributed by atoms with Gasteiger partial charge in [-0.1, -0.05) is 6.42 Å². The first-order valence-corrected chi connectivity index (χ1v) is 7.54. The van der Waals surface area contributed by atoms with E-state index in [4.69, 9.17) is 9.52 Å². The summed E-state index contributed by atoms with van der Waals surface area (Å²) in [5.41, 5.74) is 0.285. The first-order chi connectivity index (χ1) is 9.52. The van der Waals surface area contributed by atoms with Gasteiger partial charge < -0.3 is 9.52 Å². The molecule has 4 heteroatoms. The van der Waals surface area contributed by atoms with Gasteiger partial charge >= 0.3 is 5.97 Å². The minimum absolute atomic E-state index is 0.285. The molecule has 3 unspecified atom stereocenters. The summed E-state index contributed by atoms with van der Waals surface area (Å²) in [5, 5.41) is 9.04. The highest BCUT2D eigenvalue weighted by atomic mass is 16.4. The van der Waals surface area contributed by atoms with Gasteiger partial charge in [-0.2, -0.15) is 0 Å². The molecule has 3 rings (SSSR count). The Hall–Kier alpha value is -1.29. The van der Waals surface area contributed by atoms with Gasteiger partial charge in [0.05, 0.1) is 6.54 Å². The molecule has 2 bridgehead atoms. The predicted octanol–water partition coefficient (Wildman–Crippen LogP) is 3.15. The molecule has 3 atom stereocenters. The minimum Gasteiger partial charge on any atom is -0.478 e. The smallest absolute Gasteiger partial charge is 0.339 e.